The summed E-state index contributed by atoms with van der Waals surface area (Å²) in [4.78, 5) is 11.7. The lowest BCUT2D eigenvalue weighted by Crippen LogP contribution is -2.10. The van der Waals surface area contributed by atoms with Crippen molar-refractivity contribution >= 4 is 5.97 Å². The van der Waals surface area contributed by atoms with Gasteiger partial charge in [0.1, 0.15) is 0 Å². The van der Waals surface area contributed by atoms with E-state index in [1.54, 1.807) is 0 Å². The Balaban J connectivity index is 1.85. The predicted octanol–water partition coefficient (Wildman–Crippen LogP) is 1.86. The van der Waals surface area contributed by atoms with Crippen LogP contribution in [0.3, 0.4) is 0 Å². The maximum atomic E-state index is 11.7. The van der Waals surface area contributed by atoms with Crippen molar-refractivity contribution in [3.8, 4) is 0 Å². The molecule has 3 heteroatoms. The summed E-state index contributed by atoms with van der Waals surface area (Å²) in [6, 6.07) is 8.17. The van der Waals surface area contributed by atoms with Gasteiger partial charge in [-0.3, -0.25) is 4.79 Å². The van der Waals surface area contributed by atoms with E-state index in [1.165, 1.54) is 11.1 Å². The lowest BCUT2D eigenvalue weighted by atomic mass is 10.0. The van der Waals surface area contributed by atoms with Crippen LogP contribution in [0.1, 0.15) is 24.0 Å². The Morgan fingerprint density at radius 3 is 3.12 bits per heavy atom. The molecule has 1 aliphatic carbocycles. The van der Waals surface area contributed by atoms with Crippen LogP contribution in [0.4, 0.5) is 0 Å². The minimum absolute atomic E-state index is 0.0500. The first-order valence-corrected chi connectivity index (χ1v) is 5.69. The van der Waals surface area contributed by atoms with Crippen LogP contribution in [0, 0.1) is 5.92 Å². The van der Waals surface area contributed by atoms with Crippen molar-refractivity contribution in [1.82, 2.24) is 0 Å². The Morgan fingerprint density at radius 2 is 2.31 bits per heavy atom. The van der Waals surface area contributed by atoms with E-state index >= 15 is 0 Å². The van der Waals surface area contributed by atoms with Crippen molar-refractivity contribution in [1.29, 1.82) is 0 Å². The Hall–Kier alpha value is -1.35. The summed E-state index contributed by atoms with van der Waals surface area (Å²) in [5, 5.41) is 0. The second kappa shape index (κ2) is 3.59. The molecule has 0 amide bonds. The smallest absolute Gasteiger partial charge is 0.312 e. The van der Waals surface area contributed by atoms with E-state index in [9.17, 15) is 4.79 Å². The molecular weight excluding hydrogens is 204 g/mol. The third kappa shape index (κ3) is 1.35. The van der Waals surface area contributed by atoms with E-state index in [0.29, 0.717) is 13.2 Å². The number of carbonyl (C=O) groups is 1. The first kappa shape index (κ1) is 9.85. The topological polar surface area (TPSA) is 35.5 Å². The zero-order valence-electron chi connectivity index (χ0n) is 9.18. The largest absolute Gasteiger partial charge is 0.466 e. The van der Waals surface area contributed by atoms with Gasteiger partial charge in [-0.15, -0.1) is 0 Å². The van der Waals surface area contributed by atoms with Gasteiger partial charge >= 0.3 is 5.97 Å². The van der Waals surface area contributed by atoms with Crippen molar-refractivity contribution in [2.75, 3.05) is 6.61 Å². The number of benzene rings is 1. The fraction of sp³-hybridized carbons (Fsp3) is 0.462. The van der Waals surface area contributed by atoms with Crippen LogP contribution in [0.2, 0.25) is 0 Å². The highest BCUT2D eigenvalue weighted by atomic mass is 16.5. The van der Waals surface area contributed by atoms with E-state index in [0.717, 1.165) is 0 Å². The number of ether oxygens (including phenoxy) is 2. The predicted molar refractivity (Wildman–Crippen MR) is 57.9 cm³/mol. The van der Waals surface area contributed by atoms with E-state index in [-0.39, 0.29) is 23.9 Å². The summed E-state index contributed by atoms with van der Waals surface area (Å²) in [7, 11) is 0. The molecule has 84 valence electrons. The van der Waals surface area contributed by atoms with E-state index < -0.39 is 0 Å². The van der Waals surface area contributed by atoms with Crippen LogP contribution in [0.15, 0.2) is 24.3 Å². The fourth-order valence-electron chi connectivity index (χ4n) is 2.56. The molecule has 0 radical (unpaired) electrons. The minimum Gasteiger partial charge on any atom is -0.466 e. The molecule has 16 heavy (non-hydrogen) atoms. The molecule has 0 saturated heterocycles. The molecule has 1 aliphatic heterocycles. The molecule has 0 bridgehead atoms. The molecule has 1 fully saturated rings. The highest BCUT2D eigenvalue weighted by molar-refractivity contribution is 5.79. The van der Waals surface area contributed by atoms with Crippen molar-refractivity contribution in [2.45, 2.75) is 25.6 Å². The summed E-state index contributed by atoms with van der Waals surface area (Å²) < 4.78 is 10.7. The van der Waals surface area contributed by atoms with Crippen molar-refractivity contribution in [3.05, 3.63) is 35.4 Å². The van der Waals surface area contributed by atoms with Gasteiger partial charge in [-0.25, -0.2) is 0 Å². The second-order valence-corrected chi connectivity index (χ2v) is 4.28. The Morgan fingerprint density at radius 1 is 1.50 bits per heavy atom. The average molecular weight is 218 g/mol. The second-order valence-electron chi connectivity index (χ2n) is 4.28. The molecule has 3 atom stereocenters. The SMILES string of the molecule is CCOC(=O)C1[C@H]2c3ccccc3CO[C@@H]12. The Bertz CT molecular complexity index is 427. The normalized spacial score (nSPS) is 30.2. The average Bonchev–Trinajstić information content (AvgIpc) is 3.04. The highest BCUT2D eigenvalue weighted by Crippen LogP contribution is 2.54. The molecule has 1 aromatic rings. The molecule has 0 spiro atoms. The van der Waals surface area contributed by atoms with Crippen molar-refractivity contribution in [2.24, 2.45) is 5.92 Å². The third-order valence-corrected chi connectivity index (χ3v) is 3.36. The summed E-state index contributed by atoms with van der Waals surface area (Å²) in [6.07, 6.45) is 0.0500. The van der Waals surface area contributed by atoms with E-state index in [4.69, 9.17) is 9.47 Å². The molecule has 3 rings (SSSR count). The summed E-state index contributed by atoms with van der Waals surface area (Å²) in [5.74, 6) is 0.0294. The maximum absolute atomic E-state index is 11.7. The van der Waals surface area contributed by atoms with Gasteiger partial charge in [0.15, 0.2) is 0 Å². The van der Waals surface area contributed by atoms with Gasteiger partial charge in [0.2, 0.25) is 0 Å². The van der Waals surface area contributed by atoms with Gasteiger partial charge in [-0.2, -0.15) is 0 Å². The van der Waals surface area contributed by atoms with Crippen LogP contribution >= 0.6 is 0 Å². The molecule has 1 saturated carbocycles. The summed E-state index contributed by atoms with van der Waals surface area (Å²) >= 11 is 0. The standard InChI is InChI=1S/C13H14O3/c1-2-15-13(14)11-10-9-6-4-3-5-8(9)7-16-12(10)11/h3-6,10-12H,2,7H2,1H3/t10-,11?,12-/m1/s1. The summed E-state index contributed by atoms with van der Waals surface area (Å²) in [6.45, 7) is 2.89. The molecule has 2 aliphatic rings. The summed E-state index contributed by atoms with van der Waals surface area (Å²) in [5.41, 5.74) is 2.47. The number of esters is 1. The van der Waals surface area contributed by atoms with Gasteiger partial charge in [-0.1, -0.05) is 24.3 Å². The highest BCUT2D eigenvalue weighted by Gasteiger charge is 2.59. The monoisotopic (exact) mass is 218 g/mol. The van der Waals surface area contributed by atoms with Gasteiger partial charge in [-0.05, 0) is 18.1 Å². The number of rotatable bonds is 2. The first-order valence-electron chi connectivity index (χ1n) is 5.69. The molecule has 0 aromatic heterocycles. The van der Waals surface area contributed by atoms with Crippen LogP contribution in [-0.4, -0.2) is 18.7 Å². The number of hydrogen-bond donors (Lipinski definition) is 0. The molecule has 0 N–H and O–H groups in total. The van der Waals surface area contributed by atoms with E-state index in [2.05, 4.69) is 12.1 Å². The minimum atomic E-state index is -0.116. The van der Waals surface area contributed by atoms with Crippen LogP contribution in [0.5, 0.6) is 0 Å². The maximum Gasteiger partial charge on any atom is 0.312 e. The van der Waals surface area contributed by atoms with E-state index in [1.807, 2.05) is 19.1 Å². The van der Waals surface area contributed by atoms with Gasteiger partial charge in [0.05, 0.1) is 25.2 Å². The molecular formula is C13H14O3. The molecule has 3 nitrogen and oxygen atoms in total. The van der Waals surface area contributed by atoms with Gasteiger partial charge < -0.3 is 9.47 Å². The van der Waals surface area contributed by atoms with Crippen LogP contribution in [-0.2, 0) is 20.9 Å². The van der Waals surface area contributed by atoms with Crippen LogP contribution in [0.25, 0.3) is 0 Å². The Kier molecular flexibility index (Phi) is 2.21. The van der Waals surface area contributed by atoms with Crippen molar-refractivity contribution in [3.63, 3.8) is 0 Å². The van der Waals surface area contributed by atoms with Gasteiger partial charge in [0.25, 0.3) is 0 Å². The number of fused-ring (bicyclic) bond motifs is 3. The first-order chi connectivity index (χ1) is 7.83. The molecule has 1 heterocycles. The lowest BCUT2D eigenvalue weighted by Gasteiger charge is -2.14. The molecule has 1 aromatic carbocycles. The fourth-order valence-corrected chi connectivity index (χ4v) is 2.56. The number of hydrogen-bond acceptors (Lipinski definition) is 3. The van der Waals surface area contributed by atoms with Crippen molar-refractivity contribution < 1.29 is 14.3 Å². The molecule has 1 unspecified atom stereocenters. The van der Waals surface area contributed by atoms with Crippen LogP contribution < -0.4 is 0 Å². The number of carbonyl (C=O) groups excluding carboxylic acids is 1. The zero-order valence-corrected chi connectivity index (χ0v) is 9.18. The van der Waals surface area contributed by atoms with Gasteiger partial charge in [0, 0.05) is 5.92 Å². The Labute approximate surface area is 94.4 Å². The lowest BCUT2D eigenvalue weighted by molar-refractivity contribution is -0.145. The quantitative estimate of drug-likeness (QED) is 0.711. The third-order valence-electron chi connectivity index (χ3n) is 3.36. The zero-order chi connectivity index (χ0) is 11.1.